The van der Waals surface area contributed by atoms with E-state index in [1.165, 1.54) is 23.3 Å². The Labute approximate surface area is 183 Å². The van der Waals surface area contributed by atoms with Crippen molar-refractivity contribution in [2.45, 2.75) is 24.2 Å². The van der Waals surface area contributed by atoms with Gasteiger partial charge < -0.3 is 9.64 Å². The summed E-state index contributed by atoms with van der Waals surface area (Å²) >= 11 is 0. The summed E-state index contributed by atoms with van der Waals surface area (Å²) in [5, 5.41) is 0. The molecule has 0 aromatic heterocycles. The van der Waals surface area contributed by atoms with Gasteiger partial charge in [-0.2, -0.15) is 0 Å². The molecule has 0 saturated carbocycles. The van der Waals surface area contributed by atoms with Gasteiger partial charge >= 0.3 is 0 Å². The summed E-state index contributed by atoms with van der Waals surface area (Å²) in [4.78, 5) is 2.52. The average molecular weight is 440 g/mol. The smallest absolute Gasteiger partial charge is 0.213 e. The number of ether oxygens (including phenoxy) is 1. The molecule has 0 unspecified atom stereocenters. The van der Waals surface area contributed by atoms with E-state index >= 15 is 0 Å². The van der Waals surface area contributed by atoms with E-state index in [4.69, 9.17) is 4.74 Å². The first-order valence-electron chi connectivity index (χ1n) is 10.4. The van der Waals surface area contributed by atoms with E-state index in [0.29, 0.717) is 12.2 Å². The van der Waals surface area contributed by atoms with Gasteiger partial charge in [0, 0.05) is 13.1 Å². The van der Waals surface area contributed by atoms with Gasteiger partial charge in [0.1, 0.15) is 11.6 Å². The van der Waals surface area contributed by atoms with Crippen molar-refractivity contribution in [2.75, 3.05) is 26.1 Å². The van der Waals surface area contributed by atoms with Crippen LogP contribution in [-0.4, -0.2) is 39.4 Å². The third-order valence-corrected chi connectivity index (χ3v) is 7.11. The van der Waals surface area contributed by atoms with Gasteiger partial charge in [-0.05, 0) is 85.0 Å². The van der Waals surface area contributed by atoms with Gasteiger partial charge in [-0.15, -0.1) is 0 Å². The largest absolute Gasteiger partial charge is 0.477 e. The number of hydrogen-bond acceptors (Lipinski definition) is 4. The van der Waals surface area contributed by atoms with Gasteiger partial charge in [0.15, 0.2) is 5.94 Å². The van der Waals surface area contributed by atoms with Crippen LogP contribution in [0, 0.1) is 5.82 Å². The van der Waals surface area contributed by atoms with Gasteiger partial charge in [0.25, 0.3) is 0 Å². The standard InChI is InChI=1S/C25H26FNO3S/c1-27-14-12-21-6-9-24(17-22(21)13-15-27)30-18-31(28,29)25-10-4-20(5-11-25)16-19-2-7-23(26)8-3-19/h2-11,17H,12-16,18H2,1H3. The summed E-state index contributed by atoms with van der Waals surface area (Å²) in [5.74, 6) is -0.0879. The number of fused-ring (bicyclic) bond motifs is 1. The maximum atomic E-state index is 13.0. The zero-order valence-corrected chi connectivity index (χ0v) is 18.4. The Balaban J connectivity index is 1.40. The lowest BCUT2D eigenvalue weighted by Gasteiger charge is -2.11. The molecule has 31 heavy (non-hydrogen) atoms. The van der Waals surface area contributed by atoms with Crippen molar-refractivity contribution in [2.24, 2.45) is 0 Å². The van der Waals surface area contributed by atoms with Crippen molar-refractivity contribution in [3.05, 3.63) is 94.8 Å². The lowest BCUT2D eigenvalue weighted by atomic mass is 10.0. The normalized spacial score (nSPS) is 14.6. The SMILES string of the molecule is CN1CCc2ccc(OCS(=O)(=O)c3ccc(Cc4ccc(F)cc4)cc3)cc2CC1. The number of sulfone groups is 1. The molecule has 0 bridgehead atoms. The van der Waals surface area contributed by atoms with Crippen molar-refractivity contribution in [3.8, 4) is 5.75 Å². The summed E-state index contributed by atoms with van der Waals surface area (Å²) in [6.07, 6.45) is 2.54. The van der Waals surface area contributed by atoms with E-state index in [0.717, 1.165) is 37.1 Å². The number of halogens is 1. The molecule has 4 nitrogen and oxygen atoms in total. The fraction of sp³-hybridized carbons (Fsp3) is 0.280. The maximum absolute atomic E-state index is 13.0. The van der Waals surface area contributed by atoms with E-state index in [1.54, 1.807) is 36.4 Å². The molecule has 0 aliphatic carbocycles. The predicted molar refractivity (Wildman–Crippen MR) is 120 cm³/mol. The Morgan fingerprint density at radius 3 is 2.16 bits per heavy atom. The summed E-state index contributed by atoms with van der Waals surface area (Å²) in [5.41, 5.74) is 4.46. The summed E-state index contributed by atoms with van der Waals surface area (Å²) in [6, 6.07) is 18.9. The van der Waals surface area contributed by atoms with E-state index in [9.17, 15) is 12.8 Å². The molecule has 0 N–H and O–H groups in total. The molecule has 1 aliphatic heterocycles. The van der Waals surface area contributed by atoms with E-state index in [1.807, 2.05) is 18.2 Å². The van der Waals surface area contributed by atoms with Crippen molar-refractivity contribution >= 4 is 9.84 Å². The lowest BCUT2D eigenvalue weighted by Crippen LogP contribution is -2.20. The van der Waals surface area contributed by atoms with Crippen LogP contribution in [0.3, 0.4) is 0 Å². The lowest BCUT2D eigenvalue weighted by molar-refractivity contribution is 0.352. The number of benzene rings is 3. The van der Waals surface area contributed by atoms with E-state index in [-0.39, 0.29) is 10.7 Å². The van der Waals surface area contributed by atoms with Gasteiger partial charge in [-0.3, -0.25) is 0 Å². The molecule has 0 radical (unpaired) electrons. The molecular formula is C25H26FNO3S. The van der Waals surface area contributed by atoms with Gasteiger partial charge in [-0.1, -0.05) is 30.3 Å². The molecule has 6 heteroatoms. The Morgan fingerprint density at radius 2 is 1.48 bits per heavy atom. The second kappa shape index (κ2) is 9.20. The first-order valence-corrected chi connectivity index (χ1v) is 12.0. The van der Waals surface area contributed by atoms with Crippen LogP contribution in [0.4, 0.5) is 4.39 Å². The highest BCUT2D eigenvalue weighted by Gasteiger charge is 2.17. The summed E-state index contributed by atoms with van der Waals surface area (Å²) in [7, 11) is -1.46. The molecule has 162 valence electrons. The average Bonchev–Trinajstić information content (AvgIpc) is 2.96. The number of nitrogens with zero attached hydrogens (tertiary/aromatic N) is 1. The molecule has 0 saturated heterocycles. The molecule has 4 rings (SSSR count). The second-order valence-electron chi connectivity index (χ2n) is 8.06. The van der Waals surface area contributed by atoms with Crippen LogP contribution in [0.2, 0.25) is 0 Å². The first-order chi connectivity index (χ1) is 14.9. The van der Waals surface area contributed by atoms with Gasteiger partial charge in [-0.25, -0.2) is 12.8 Å². The van der Waals surface area contributed by atoms with Crippen LogP contribution >= 0.6 is 0 Å². The molecule has 0 atom stereocenters. The number of hydrogen-bond donors (Lipinski definition) is 0. The molecule has 1 heterocycles. The first kappa shape index (κ1) is 21.5. The number of likely N-dealkylation sites (N-methyl/N-ethyl adjacent to an activating group) is 1. The molecule has 3 aromatic rings. The van der Waals surface area contributed by atoms with E-state index < -0.39 is 15.8 Å². The summed E-state index contributed by atoms with van der Waals surface area (Å²) in [6.45, 7) is 2.01. The quantitative estimate of drug-likeness (QED) is 0.576. The molecule has 1 aliphatic rings. The van der Waals surface area contributed by atoms with Crippen LogP contribution in [0.5, 0.6) is 5.75 Å². The second-order valence-corrected chi connectivity index (χ2v) is 9.99. The molecule has 0 fully saturated rings. The molecular weight excluding hydrogens is 413 g/mol. The zero-order valence-electron chi connectivity index (χ0n) is 17.6. The Kier molecular flexibility index (Phi) is 6.39. The van der Waals surface area contributed by atoms with Crippen LogP contribution in [-0.2, 0) is 29.1 Å². The topological polar surface area (TPSA) is 46.6 Å². The number of rotatable bonds is 6. The summed E-state index contributed by atoms with van der Waals surface area (Å²) < 4.78 is 44.2. The predicted octanol–water partition coefficient (Wildman–Crippen LogP) is 4.26. The zero-order chi connectivity index (χ0) is 21.8. The van der Waals surface area contributed by atoms with Crippen molar-refractivity contribution in [1.82, 2.24) is 4.90 Å². The highest BCUT2D eigenvalue weighted by Crippen LogP contribution is 2.23. The van der Waals surface area contributed by atoms with Crippen molar-refractivity contribution in [1.29, 1.82) is 0 Å². The van der Waals surface area contributed by atoms with Crippen LogP contribution in [0.15, 0.2) is 71.6 Å². The van der Waals surface area contributed by atoms with Crippen LogP contribution < -0.4 is 4.74 Å². The monoisotopic (exact) mass is 439 g/mol. The minimum absolute atomic E-state index is 0.228. The molecule has 3 aromatic carbocycles. The van der Waals surface area contributed by atoms with Crippen molar-refractivity contribution < 1.29 is 17.5 Å². The van der Waals surface area contributed by atoms with E-state index in [2.05, 4.69) is 11.9 Å². The van der Waals surface area contributed by atoms with Gasteiger partial charge in [0.2, 0.25) is 9.84 Å². The minimum atomic E-state index is -3.57. The molecule has 0 amide bonds. The third kappa shape index (κ3) is 5.51. The third-order valence-electron chi connectivity index (χ3n) is 5.69. The Hall–Kier alpha value is -2.70. The fourth-order valence-electron chi connectivity index (χ4n) is 3.77. The highest BCUT2D eigenvalue weighted by atomic mass is 32.2. The Bertz CT molecular complexity index is 1140. The van der Waals surface area contributed by atoms with Crippen LogP contribution in [0.1, 0.15) is 22.3 Å². The van der Waals surface area contributed by atoms with Crippen LogP contribution in [0.25, 0.3) is 0 Å². The Morgan fingerprint density at radius 1 is 0.871 bits per heavy atom. The van der Waals surface area contributed by atoms with Crippen molar-refractivity contribution in [3.63, 3.8) is 0 Å². The highest BCUT2D eigenvalue weighted by molar-refractivity contribution is 7.91. The fourth-order valence-corrected chi connectivity index (χ4v) is 4.75. The maximum Gasteiger partial charge on any atom is 0.213 e. The molecule has 0 spiro atoms. The van der Waals surface area contributed by atoms with Gasteiger partial charge in [0.05, 0.1) is 4.90 Å². The minimum Gasteiger partial charge on any atom is -0.477 e.